The van der Waals surface area contributed by atoms with Crippen LogP contribution in [0.3, 0.4) is 0 Å². The third kappa shape index (κ3) is 2.93. The zero-order valence-corrected chi connectivity index (χ0v) is 8.84. The van der Waals surface area contributed by atoms with Crippen molar-refractivity contribution in [1.82, 2.24) is 9.36 Å². The van der Waals surface area contributed by atoms with Gasteiger partial charge in [-0.3, -0.25) is 0 Å². The van der Waals surface area contributed by atoms with E-state index >= 15 is 0 Å². The summed E-state index contributed by atoms with van der Waals surface area (Å²) in [7, 11) is 1.91. The van der Waals surface area contributed by atoms with Gasteiger partial charge in [0.1, 0.15) is 5.82 Å². The molecule has 0 atom stereocenters. The number of likely N-dealkylation sites (N-methyl/N-ethyl adjacent to an activating group) is 1. The second-order valence-corrected chi connectivity index (χ2v) is 3.62. The van der Waals surface area contributed by atoms with Crippen molar-refractivity contribution in [3.8, 4) is 0 Å². The maximum atomic E-state index is 8.72. The standard InChI is InChI=1S/C8H15N3OS/c1-3-4-7-9-8(13-10-7)11(2)5-6-12/h12H,3-6H2,1-2H3. The van der Waals surface area contributed by atoms with E-state index in [9.17, 15) is 0 Å². The number of aromatic nitrogens is 2. The van der Waals surface area contributed by atoms with E-state index in [1.54, 1.807) is 0 Å². The summed E-state index contributed by atoms with van der Waals surface area (Å²) in [6, 6.07) is 0. The molecule has 1 N–H and O–H groups in total. The normalized spacial score (nSPS) is 10.4. The highest BCUT2D eigenvalue weighted by Gasteiger charge is 2.06. The molecule has 1 heterocycles. The lowest BCUT2D eigenvalue weighted by molar-refractivity contribution is 0.304. The molecule has 74 valence electrons. The Morgan fingerprint density at radius 1 is 1.54 bits per heavy atom. The average molecular weight is 201 g/mol. The third-order valence-corrected chi connectivity index (χ3v) is 2.56. The first-order chi connectivity index (χ1) is 6.27. The summed E-state index contributed by atoms with van der Waals surface area (Å²) in [5.74, 6) is 0.910. The molecule has 0 amide bonds. The largest absolute Gasteiger partial charge is 0.395 e. The van der Waals surface area contributed by atoms with Gasteiger partial charge in [0.25, 0.3) is 0 Å². The van der Waals surface area contributed by atoms with Crippen molar-refractivity contribution in [1.29, 1.82) is 0 Å². The number of aryl methyl sites for hydroxylation is 1. The van der Waals surface area contributed by atoms with Crippen LogP contribution in [0.4, 0.5) is 5.13 Å². The van der Waals surface area contributed by atoms with Crippen molar-refractivity contribution in [3.63, 3.8) is 0 Å². The minimum Gasteiger partial charge on any atom is -0.395 e. The molecule has 0 aliphatic rings. The van der Waals surface area contributed by atoms with Gasteiger partial charge in [-0.1, -0.05) is 6.92 Å². The fourth-order valence-corrected chi connectivity index (χ4v) is 1.67. The molecule has 0 radical (unpaired) electrons. The lowest BCUT2D eigenvalue weighted by atomic mass is 10.3. The molecule has 0 aromatic carbocycles. The summed E-state index contributed by atoms with van der Waals surface area (Å²) in [6.07, 6.45) is 2.00. The Morgan fingerprint density at radius 2 is 2.31 bits per heavy atom. The van der Waals surface area contributed by atoms with Crippen LogP contribution in [0.5, 0.6) is 0 Å². The average Bonchev–Trinajstić information content (AvgIpc) is 2.54. The Morgan fingerprint density at radius 3 is 2.92 bits per heavy atom. The van der Waals surface area contributed by atoms with Crippen LogP contribution in [0.25, 0.3) is 0 Å². The molecule has 0 aliphatic heterocycles. The third-order valence-electron chi connectivity index (χ3n) is 1.69. The van der Waals surface area contributed by atoms with Gasteiger partial charge in [0.15, 0.2) is 0 Å². The first-order valence-electron chi connectivity index (χ1n) is 4.42. The number of nitrogens with zero attached hydrogens (tertiary/aromatic N) is 3. The first kappa shape index (κ1) is 10.4. The van der Waals surface area contributed by atoms with Crippen molar-refractivity contribution in [2.75, 3.05) is 25.1 Å². The SMILES string of the molecule is CCCc1nsc(N(C)CCO)n1. The van der Waals surface area contributed by atoms with Crippen molar-refractivity contribution in [2.24, 2.45) is 0 Å². The summed E-state index contributed by atoms with van der Waals surface area (Å²) in [5, 5.41) is 9.61. The van der Waals surface area contributed by atoms with Crippen LogP contribution in [0.15, 0.2) is 0 Å². The molecule has 0 aliphatic carbocycles. The van der Waals surface area contributed by atoms with Crippen LogP contribution in [0.1, 0.15) is 19.2 Å². The van der Waals surface area contributed by atoms with Gasteiger partial charge in [0, 0.05) is 31.5 Å². The molecule has 0 bridgehead atoms. The van der Waals surface area contributed by atoms with E-state index < -0.39 is 0 Å². The van der Waals surface area contributed by atoms with Gasteiger partial charge in [-0.05, 0) is 6.42 Å². The molecule has 1 aromatic rings. The molecule has 4 nitrogen and oxygen atoms in total. The Balaban J connectivity index is 2.56. The second-order valence-electron chi connectivity index (χ2n) is 2.89. The highest BCUT2D eigenvalue weighted by atomic mass is 32.1. The molecule has 13 heavy (non-hydrogen) atoms. The summed E-state index contributed by atoms with van der Waals surface area (Å²) in [6.45, 7) is 2.87. The van der Waals surface area contributed by atoms with E-state index in [-0.39, 0.29) is 6.61 Å². The number of rotatable bonds is 5. The number of anilines is 1. The summed E-state index contributed by atoms with van der Waals surface area (Å²) >= 11 is 1.39. The maximum Gasteiger partial charge on any atom is 0.205 e. The predicted octanol–water partition coefficient (Wildman–Crippen LogP) is 0.919. The van der Waals surface area contributed by atoms with E-state index in [1.807, 2.05) is 11.9 Å². The molecule has 0 fully saturated rings. The zero-order chi connectivity index (χ0) is 9.68. The van der Waals surface area contributed by atoms with E-state index in [0.29, 0.717) is 6.54 Å². The van der Waals surface area contributed by atoms with Crippen LogP contribution in [0.2, 0.25) is 0 Å². The molecule has 0 saturated heterocycles. The minimum atomic E-state index is 0.152. The topological polar surface area (TPSA) is 49.2 Å². The van der Waals surface area contributed by atoms with Crippen LogP contribution < -0.4 is 4.90 Å². The molecular weight excluding hydrogens is 186 g/mol. The number of aliphatic hydroxyl groups is 1. The molecule has 0 saturated carbocycles. The zero-order valence-electron chi connectivity index (χ0n) is 8.03. The van der Waals surface area contributed by atoms with Crippen LogP contribution >= 0.6 is 11.5 Å². The maximum absolute atomic E-state index is 8.72. The Bertz CT molecular complexity index is 251. The summed E-state index contributed by atoms with van der Waals surface area (Å²) in [5.41, 5.74) is 0. The van der Waals surface area contributed by atoms with E-state index in [4.69, 9.17) is 5.11 Å². The quantitative estimate of drug-likeness (QED) is 0.769. The summed E-state index contributed by atoms with van der Waals surface area (Å²) in [4.78, 5) is 6.25. The number of aliphatic hydroxyl groups excluding tert-OH is 1. The Kier molecular flexibility index (Phi) is 4.11. The predicted molar refractivity (Wildman–Crippen MR) is 54.3 cm³/mol. The van der Waals surface area contributed by atoms with Crippen molar-refractivity contribution in [3.05, 3.63) is 5.82 Å². The van der Waals surface area contributed by atoms with Crippen molar-refractivity contribution in [2.45, 2.75) is 19.8 Å². The fourth-order valence-electron chi connectivity index (χ4n) is 0.971. The van der Waals surface area contributed by atoms with E-state index in [0.717, 1.165) is 23.8 Å². The van der Waals surface area contributed by atoms with Gasteiger partial charge in [-0.25, -0.2) is 4.98 Å². The lowest BCUT2D eigenvalue weighted by Crippen LogP contribution is -2.20. The van der Waals surface area contributed by atoms with Gasteiger partial charge in [-0.15, -0.1) is 0 Å². The smallest absolute Gasteiger partial charge is 0.205 e. The Labute approximate surface area is 82.4 Å². The van der Waals surface area contributed by atoms with Gasteiger partial charge in [-0.2, -0.15) is 4.37 Å². The van der Waals surface area contributed by atoms with Crippen LogP contribution in [0, 0.1) is 0 Å². The minimum absolute atomic E-state index is 0.152. The van der Waals surface area contributed by atoms with E-state index in [1.165, 1.54) is 11.5 Å². The van der Waals surface area contributed by atoms with Gasteiger partial charge >= 0.3 is 0 Å². The number of hydrogen-bond donors (Lipinski definition) is 1. The molecule has 1 aromatic heterocycles. The molecule has 5 heteroatoms. The Hall–Kier alpha value is -0.680. The van der Waals surface area contributed by atoms with Crippen LogP contribution in [-0.4, -0.2) is 34.7 Å². The molecule has 0 unspecified atom stereocenters. The molecule has 1 rings (SSSR count). The highest BCUT2D eigenvalue weighted by Crippen LogP contribution is 2.15. The number of hydrogen-bond acceptors (Lipinski definition) is 5. The monoisotopic (exact) mass is 201 g/mol. The van der Waals surface area contributed by atoms with Gasteiger partial charge in [0.05, 0.1) is 6.61 Å². The van der Waals surface area contributed by atoms with Gasteiger partial charge < -0.3 is 10.0 Å². The fraction of sp³-hybridized carbons (Fsp3) is 0.750. The van der Waals surface area contributed by atoms with Gasteiger partial charge in [0.2, 0.25) is 5.13 Å². The second kappa shape index (κ2) is 5.14. The summed E-state index contributed by atoms with van der Waals surface area (Å²) < 4.78 is 4.22. The highest BCUT2D eigenvalue weighted by molar-refractivity contribution is 7.09. The van der Waals surface area contributed by atoms with Crippen molar-refractivity contribution < 1.29 is 5.11 Å². The molecule has 0 spiro atoms. The van der Waals surface area contributed by atoms with Crippen molar-refractivity contribution >= 4 is 16.7 Å². The van der Waals surface area contributed by atoms with Crippen LogP contribution in [-0.2, 0) is 6.42 Å². The molecular formula is C8H15N3OS. The lowest BCUT2D eigenvalue weighted by Gasteiger charge is -2.11. The first-order valence-corrected chi connectivity index (χ1v) is 5.19. The van der Waals surface area contributed by atoms with E-state index in [2.05, 4.69) is 16.3 Å².